The van der Waals surface area contributed by atoms with Gasteiger partial charge < -0.3 is 9.47 Å². The van der Waals surface area contributed by atoms with Crippen molar-refractivity contribution in [3.05, 3.63) is 12.7 Å². The SMILES string of the molecule is C=CC(=O)OCC(=O)OC1C2CC3OS(=O)(=O)C1C3(C)C2. The van der Waals surface area contributed by atoms with Crippen LogP contribution in [0, 0.1) is 11.3 Å². The van der Waals surface area contributed by atoms with Crippen molar-refractivity contribution in [2.45, 2.75) is 37.2 Å². The van der Waals surface area contributed by atoms with Crippen molar-refractivity contribution >= 4 is 22.1 Å². The van der Waals surface area contributed by atoms with Crippen LogP contribution in [-0.4, -0.2) is 44.4 Å². The predicted octanol–water partition coefficient (Wildman–Crippen LogP) is 0.155. The summed E-state index contributed by atoms with van der Waals surface area (Å²) in [5, 5.41) is -0.826. The molecule has 0 N–H and O–H groups in total. The van der Waals surface area contributed by atoms with Gasteiger partial charge in [-0.25, -0.2) is 9.59 Å². The molecule has 2 aliphatic carbocycles. The molecule has 21 heavy (non-hydrogen) atoms. The Morgan fingerprint density at radius 3 is 2.86 bits per heavy atom. The molecule has 1 heterocycles. The first kappa shape index (κ1) is 14.5. The van der Waals surface area contributed by atoms with Gasteiger partial charge in [0, 0.05) is 17.4 Å². The third kappa shape index (κ3) is 2.08. The lowest BCUT2D eigenvalue weighted by Crippen LogP contribution is -2.44. The molecule has 0 aromatic rings. The van der Waals surface area contributed by atoms with Crippen LogP contribution in [0.1, 0.15) is 19.8 Å². The first-order valence-corrected chi connectivity index (χ1v) is 8.16. The molecule has 0 aromatic carbocycles. The Balaban J connectivity index is 1.71. The first-order chi connectivity index (χ1) is 9.78. The molecular formula is C13H16O7S. The molecule has 8 heteroatoms. The third-order valence-electron chi connectivity index (χ3n) is 4.70. The highest BCUT2D eigenvalue weighted by molar-refractivity contribution is 7.87. The zero-order chi connectivity index (χ0) is 15.4. The molecule has 0 spiro atoms. The van der Waals surface area contributed by atoms with Crippen LogP contribution < -0.4 is 0 Å². The smallest absolute Gasteiger partial charge is 0.344 e. The van der Waals surface area contributed by atoms with Gasteiger partial charge in [0.05, 0.1) is 6.10 Å². The van der Waals surface area contributed by atoms with E-state index in [-0.39, 0.29) is 12.0 Å². The molecule has 116 valence electrons. The molecule has 0 aromatic heterocycles. The van der Waals surface area contributed by atoms with E-state index >= 15 is 0 Å². The molecule has 1 aliphatic heterocycles. The Hall–Kier alpha value is -1.41. The van der Waals surface area contributed by atoms with E-state index in [1.807, 2.05) is 6.92 Å². The number of carbonyl (C=O) groups is 2. The minimum atomic E-state index is -3.72. The lowest BCUT2D eigenvalue weighted by molar-refractivity contribution is -0.162. The van der Waals surface area contributed by atoms with E-state index in [4.69, 9.17) is 8.92 Å². The standard InChI is InChI=1S/C13H16O7S/c1-3-9(14)18-6-10(15)19-11-7-4-8-13(2,5-7)12(11)21(16,17)20-8/h3,7-8,11-12H,1,4-6H2,2H3. The molecule has 3 fully saturated rings. The van der Waals surface area contributed by atoms with E-state index in [1.54, 1.807) is 0 Å². The average Bonchev–Trinajstić information content (AvgIpc) is 2.88. The van der Waals surface area contributed by atoms with Crippen LogP contribution in [0.3, 0.4) is 0 Å². The molecule has 5 atom stereocenters. The monoisotopic (exact) mass is 316 g/mol. The van der Waals surface area contributed by atoms with Crippen LogP contribution in [0.2, 0.25) is 0 Å². The van der Waals surface area contributed by atoms with Gasteiger partial charge in [-0.15, -0.1) is 0 Å². The number of hydrogen-bond acceptors (Lipinski definition) is 7. The molecule has 2 bridgehead atoms. The van der Waals surface area contributed by atoms with Gasteiger partial charge in [0.1, 0.15) is 11.4 Å². The number of ether oxygens (including phenoxy) is 2. The molecule has 0 radical (unpaired) electrons. The fourth-order valence-electron chi connectivity index (χ4n) is 3.89. The summed E-state index contributed by atoms with van der Waals surface area (Å²) in [7, 11) is -3.72. The number of esters is 2. The summed E-state index contributed by atoms with van der Waals surface area (Å²) in [5.74, 6) is -1.52. The topological polar surface area (TPSA) is 96.0 Å². The Kier molecular flexibility index (Phi) is 3.14. The Labute approximate surface area is 122 Å². The second kappa shape index (κ2) is 4.54. The highest BCUT2D eigenvalue weighted by atomic mass is 32.2. The summed E-state index contributed by atoms with van der Waals surface area (Å²) >= 11 is 0. The highest BCUT2D eigenvalue weighted by Gasteiger charge is 2.72. The second-order valence-electron chi connectivity index (χ2n) is 5.97. The highest BCUT2D eigenvalue weighted by Crippen LogP contribution is 2.63. The zero-order valence-electron chi connectivity index (χ0n) is 11.5. The molecule has 0 amide bonds. The maximum Gasteiger partial charge on any atom is 0.344 e. The quantitative estimate of drug-likeness (QED) is 0.414. The lowest BCUT2D eigenvalue weighted by Gasteiger charge is -2.29. The summed E-state index contributed by atoms with van der Waals surface area (Å²) in [5.41, 5.74) is -0.494. The maximum atomic E-state index is 12.1. The van der Waals surface area contributed by atoms with Crippen molar-refractivity contribution in [3.8, 4) is 0 Å². The Morgan fingerprint density at radius 1 is 1.48 bits per heavy atom. The second-order valence-corrected chi connectivity index (χ2v) is 7.66. The molecule has 5 unspecified atom stereocenters. The molecule has 7 nitrogen and oxygen atoms in total. The van der Waals surface area contributed by atoms with E-state index in [0.29, 0.717) is 12.8 Å². The fraction of sp³-hybridized carbons (Fsp3) is 0.692. The summed E-state index contributed by atoms with van der Waals surface area (Å²) in [6.07, 6.45) is 1.12. The Bertz CT molecular complexity index is 610. The molecule has 3 aliphatic rings. The van der Waals surface area contributed by atoms with E-state index in [2.05, 4.69) is 11.3 Å². The largest absolute Gasteiger partial charge is 0.458 e. The van der Waals surface area contributed by atoms with Crippen molar-refractivity contribution in [2.24, 2.45) is 11.3 Å². The van der Waals surface area contributed by atoms with Gasteiger partial charge in [-0.3, -0.25) is 4.18 Å². The van der Waals surface area contributed by atoms with Crippen molar-refractivity contribution in [1.82, 2.24) is 0 Å². The van der Waals surface area contributed by atoms with Gasteiger partial charge in [0.25, 0.3) is 10.1 Å². The summed E-state index contributed by atoms with van der Waals surface area (Å²) in [4.78, 5) is 22.6. The van der Waals surface area contributed by atoms with E-state index in [9.17, 15) is 18.0 Å². The lowest BCUT2D eigenvalue weighted by atomic mass is 9.82. The van der Waals surface area contributed by atoms with Gasteiger partial charge in [-0.1, -0.05) is 13.5 Å². The number of carbonyl (C=O) groups excluding carboxylic acids is 2. The fourth-order valence-corrected chi connectivity index (χ4v) is 6.15. The van der Waals surface area contributed by atoms with Crippen LogP contribution >= 0.6 is 0 Å². The van der Waals surface area contributed by atoms with Crippen molar-refractivity contribution in [3.63, 3.8) is 0 Å². The van der Waals surface area contributed by atoms with Crippen LogP contribution in [0.4, 0.5) is 0 Å². The van der Waals surface area contributed by atoms with Gasteiger partial charge in [0.2, 0.25) is 0 Å². The maximum absolute atomic E-state index is 12.1. The minimum Gasteiger partial charge on any atom is -0.458 e. The van der Waals surface area contributed by atoms with Gasteiger partial charge >= 0.3 is 11.9 Å². The summed E-state index contributed by atoms with van der Waals surface area (Å²) in [6, 6.07) is 0. The molecule has 2 saturated carbocycles. The number of hydrogen-bond donors (Lipinski definition) is 0. The minimum absolute atomic E-state index is 0.0265. The molecule has 3 rings (SSSR count). The van der Waals surface area contributed by atoms with Gasteiger partial charge in [0.15, 0.2) is 6.61 Å². The number of fused-ring (bicyclic) bond motifs is 1. The van der Waals surface area contributed by atoms with E-state index in [0.717, 1.165) is 6.08 Å². The molecular weight excluding hydrogens is 300 g/mol. The summed E-state index contributed by atoms with van der Waals surface area (Å²) < 4.78 is 39.1. The molecule has 1 saturated heterocycles. The number of rotatable bonds is 4. The van der Waals surface area contributed by atoms with Crippen LogP contribution in [0.5, 0.6) is 0 Å². The predicted molar refractivity (Wildman–Crippen MR) is 69.4 cm³/mol. The van der Waals surface area contributed by atoms with Crippen molar-refractivity contribution < 1.29 is 31.7 Å². The van der Waals surface area contributed by atoms with Gasteiger partial charge in [-0.2, -0.15) is 8.42 Å². The third-order valence-corrected chi connectivity index (χ3v) is 6.62. The van der Waals surface area contributed by atoms with Gasteiger partial charge in [-0.05, 0) is 12.8 Å². The van der Waals surface area contributed by atoms with Crippen molar-refractivity contribution in [2.75, 3.05) is 6.61 Å². The zero-order valence-corrected chi connectivity index (χ0v) is 12.3. The normalized spacial score (nSPS) is 41.8. The van der Waals surface area contributed by atoms with Crippen LogP contribution in [-0.2, 0) is 33.4 Å². The van der Waals surface area contributed by atoms with E-state index < -0.39 is 45.4 Å². The van der Waals surface area contributed by atoms with Crippen LogP contribution in [0.15, 0.2) is 12.7 Å². The Morgan fingerprint density at radius 2 is 2.19 bits per heavy atom. The van der Waals surface area contributed by atoms with E-state index in [1.165, 1.54) is 0 Å². The van der Waals surface area contributed by atoms with Crippen LogP contribution in [0.25, 0.3) is 0 Å². The first-order valence-electron chi connectivity index (χ1n) is 6.69. The van der Waals surface area contributed by atoms with Crippen molar-refractivity contribution in [1.29, 1.82) is 0 Å². The average molecular weight is 316 g/mol. The summed E-state index contributed by atoms with van der Waals surface area (Å²) in [6.45, 7) is 4.52.